The molecule has 0 N–H and O–H groups in total. The van der Waals surface area contributed by atoms with E-state index in [2.05, 4.69) is 4.90 Å². The molecule has 1 aliphatic heterocycles. The molecule has 2 heterocycles. The van der Waals surface area contributed by atoms with Gasteiger partial charge in [-0.05, 0) is 42.3 Å². The Balaban J connectivity index is 1.40. The summed E-state index contributed by atoms with van der Waals surface area (Å²) in [4.78, 5) is 6.88. The van der Waals surface area contributed by atoms with Crippen molar-refractivity contribution in [2.75, 3.05) is 38.2 Å². The third kappa shape index (κ3) is 4.73. The standard InChI is InChI=1S/C22H24FN3O3S2/c1-16-3-6-18(23)14-21(16)31(27,28)26-11-9-25(10-12-26)22-24-19(15-30-22)13-17-4-7-20(29-2)8-5-17/h3-8,14-15H,9-13H2,1-2H3. The van der Waals surface area contributed by atoms with Crippen LogP contribution in [0.4, 0.5) is 9.52 Å². The maximum absolute atomic E-state index is 13.6. The summed E-state index contributed by atoms with van der Waals surface area (Å²) in [5.74, 6) is 0.277. The van der Waals surface area contributed by atoms with E-state index in [-0.39, 0.29) is 4.90 Å². The van der Waals surface area contributed by atoms with E-state index in [1.54, 1.807) is 25.4 Å². The molecule has 0 unspecified atom stereocenters. The molecule has 31 heavy (non-hydrogen) atoms. The second-order valence-corrected chi connectivity index (χ2v) is 10.2. The predicted octanol–water partition coefficient (Wildman–Crippen LogP) is 3.70. The lowest BCUT2D eigenvalue weighted by Gasteiger charge is -2.34. The number of hydrogen-bond acceptors (Lipinski definition) is 6. The number of hydrogen-bond donors (Lipinski definition) is 0. The Bertz CT molecular complexity index is 1150. The molecule has 6 nitrogen and oxygen atoms in total. The van der Waals surface area contributed by atoms with Gasteiger partial charge in [0.1, 0.15) is 11.6 Å². The van der Waals surface area contributed by atoms with Crippen molar-refractivity contribution in [2.24, 2.45) is 0 Å². The van der Waals surface area contributed by atoms with Gasteiger partial charge in [-0.2, -0.15) is 4.31 Å². The molecule has 0 saturated carbocycles. The highest BCUT2D eigenvalue weighted by Gasteiger charge is 2.30. The SMILES string of the molecule is COc1ccc(Cc2csc(N3CCN(S(=O)(=O)c4cc(F)ccc4C)CC3)n2)cc1. The van der Waals surface area contributed by atoms with Crippen molar-refractivity contribution in [3.63, 3.8) is 0 Å². The molecule has 0 atom stereocenters. The summed E-state index contributed by atoms with van der Waals surface area (Å²) < 4.78 is 46.2. The summed E-state index contributed by atoms with van der Waals surface area (Å²) >= 11 is 1.57. The first-order valence-electron chi connectivity index (χ1n) is 9.95. The van der Waals surface area contributed by atoms with Gasteiger partial charge >= 0.3 is 0 Å². The van der Waals surface area contributed by atoms with Crippen LogP contribution in [0.5, 0.6) is 5.75 Å². The number of nitrogens with zero attached hydrogens (tertiary/aromatic N) is 3. The molecule has 4 rings (SSSR count). The van der Waals surface area contributed by atoms with Crippen molar-refractivity contribution < 1.29 is 17.5 Å². The maximum atomic E-state index is 13.6. The van der Waals surface area contributed by atoms with Gasteiger partial charge in [0.05, 0.1) is 17.7 Å². The van der Waals surface area contributed by atoms with Crippen molar-refractivity contribution in [1.29, 1.82) is 0 Å². The van der Waals surface area contributed by atoms with E-state index in [1.807, 2.05) is 29.6 Å². The topological polar surface area (TPSA) is 62.7 Å². The highest BCUT2D eigenvalue weighted by atomic mass is 32.2. The van der Waals surface area contributed by atoms with Gasteiger partial charge in [-0.25, -0.2) is 17.8 Å². The minimum absolute atomic E-state index is 0.0389. The van der Waals surface area contributed by atoms with E-state index in [9.17, 15) is 12.8 Å². The van der Waals surface area contributed by atoms with Gasteiger partial charge in [-0.15, -0.1) is 11.3 Å². The number of thiazole rings is 1. The van der Waals surface area contributed by atoms with Gasteiger partial charge in [0.15, 0.2) is 5.13 Å². The number of aryl methyl sites for hydroxylation is 1. The monoisotopic (exact) mass is 461 g/mol. The molecular weight excluding hydrogens is 437 g/mol. The summed E-state index contributed by atoms with van der Waals surface area (Å²) in [5.41, 5.74) is 2.68. The number of benzene rings is 2. The number of anilines is 1. The largest absolute Gasteiger partial charge is 0.497 e. The first-order valence-corrected chi connectivity index (χ1v) is 12.3. The second kappa shape index (κ2) is 8.94. The number of aromatic nitrogens is 1. The van der Waals surface area contributed by atoms with E-state index >= 15 is 0 Å². The molecule has 0 spiro atoms. The second-order valence-electron chi connectivity index (χ2n) is 7.45. The Morgan fingerprint density at radius 3 is 2.48 bits per heavy atom. The molecule has 0 bridgehead atoms. The first-order chi connectivity index (χ1) is 14.9. The summed E-state index contributed by atoms with van der Waals surface area (Å²) in [6.45, 7) is 3.45. The molecular formula is C22H24FN3O3S2. The third-order valence-corrected chi connectivity index (χ3v) is 8.35. The fourth-order valence-electron chi connectivity index (χ4n) is 3.59. The lowest BCUT2D eigenvalue weighted by Crippen LogP contribution is -2.48. The summed E-state index contributed by atoms with van der Waals surface area (Å²) in [5, 5.41) is 2.93. The van der Waals surface area contributed by atoms with Crippen LogP contribution in [0.15, 0.2) is 52.7 Å². The van der Waals surface area contributed by atoms with Crippen LogP contribution in [-0.2, 0) is 16.4 Å². The highest BCUT2D eigenvalue weighted by molar-refractivity contribution is 7.89. The summed E-state index contributed by atoms with van der Waals surface area (Å²) in [6, 6.07) is 11.8. The zero-order chi connectivity index (χ0) is 22.0. The van der Waals surface area contributed by atoms with E-state index in [1.165, 1.54) is 16.4 Å². The van der Waals surface area contributed by atoms with Crippen LogP contribution < -0.4 is 9.64 Å². The summed E-state index contributed by atoms with van der Waals surface area (Å²) in [6.07, 6.45) is 0.730. The molecule has 1 fully saturated rings. The molecule has 1 aromatic heterocycles. The quantitative estimate of drug-likeness (QED) is 0.560. The van der Waals surface area contributed by atoms with Gasteiger partial charge in [0.25, 0.3) is 0 Å². The van der Waals surface area contributed by atoms with E-state index in [0.717, 1.165) is 34.6 Å². The van der Waals surface area contributed by atoms with Crippen LogP contribution in [-0.4, -0.2) is 51.0 Å². The lowest BCUT2D eigenvalue weighted by molar-refractivity contribution is 0.384. The van der Waals surface area contributed by atoms with Crippen LogP contribution in [0.2, 0.25) is 0 Å². The Kier molecular flexibility index (Phi) is 6.27. The van der Waals surface area contributed by atoms with Crippen molar-refractivity contribution in [1.82, 2.24) is 9.29 Å². The first kappa shape index (κ1) is 21.7. The average Bonchev–Trinajstić information content (AvgIpc) is 3.24. The number of halogens is 1. The zero-order valence-electron chi connectivity index (χ0n) is 17.4. The average molecular weight is 462 g/mol. The number of rotatable bonds is 6. The van der Waals surface area contributed by atoms with Crippen LogP contribution in [0.25, 0.3) is 0 Å². The van der Waals surface area contributed by atoms with Crippen molar-refractivity contribution in [3.8, 4) is 5.75 Å². The lowest BCUT2D eigenvalue weighted by atomic mass is 10.1. The zero-order valence-corrected chi connectivity index (χ0v) is 19.0. The Morgan fingerprint density at radius 2 is 1.81 bits per heavy atom. The van der Waals surface area contributed by atoms with Crippen LogP contribution >= 0.6 is 11.3 Å². The Hall–Kier alpha value is -2.49. The highest BCUT2D eigenvalue weighted by Crippen LogP contribution is 2.27. The molecule has 2 aromatic carbocycles. The molecule has 164 valence electrons. The Morgan fingerprint density at radius 1 is 1.10 bits per heavy atom. The third-order valence-electron chi connectivity index (χ3n) is 5.36. The fourth-order valence-corrected chi connectivity index (χ4v) is 6.12. The van der Waals surface area contributed by atoms with Crippen LogP contribution in [0.1, 0.15) is 16.8 Å². The Labute approximate surface area is 186 Å². The molecule has 1 aliphatic rings. The minimum Gasteiger partial charge on any atom is -0.497 e. The van der Waals surface area contributed by atoms with Gasteiger partial charge in [-0.3, -0.25) is 0 Å². The van der Waals surface area contributed by atoms with E-state index < -0.39 is 15.8 Å². The smallest absolute Gasteiger partial charge is 0.243 e. The molecule has 9 heteroatoms. The van der Waals surface area contributed by atoms with Gasteiger partial charge < -0.3 is 9.64 Å². The van der Waals surface area contributed by atoms with E-state index in [0.29, 0.717) is 31.7 Å². The summed E-state index contributed by atoms with van der Waals surface area (Å²) in [7, 11) is -2.08. The van der Waals surface area contributed by atoms with Crippen molar-refractivity contribution >= 4 is 26.5 Å². The molecule has 0 amide bonds. The number of piperazine rings is 1. The van der Waals surface area contributed by atoms with Gasteiger partial charge in [0.2, 0.25) is 10.0 Å². The maximum Gasteiger partial charge on any atom is 0.243 e. The van der Waals surface area contributed by atoms with Crippen molar-refractivity contribution in [3.05, 3.63) is 70.5 Å². The normalized spacial score (nSPS) is 15.3. The minimum atomic E-state index is -3.72. The van der Waals surface area contributed by atoms with Crippen LogP contribution in [0, 0.1) is 12.7 Å². The van der Waals surface area contributed by atoms with Gasteiger partial charge in [-0.1, -0.05) is 18.2 Å². The molecule has 0 aliphatic carbocycles. The molecule has 3 aromatic rings. The van der Waals surface area contributed by atoms with E-state index in [4.69, 9.17) is 9.72 Å². The van der Waals surface area contributed by atoms with Crippen molar-refractivity contribution in [2.45, 2.75) is 18.2 Å². The molecule has 0 radical (unpaired) electrons. The molecule has 1 saturated heterocycles. The van der Waals surface area contributed by atoms with Gasteiger partial charge in [0, 0.05) is 38.0 Å². The number of methoxy groups -OCH3 is 1. The predicted molar refractivity (Wildman–Crippen MR) is 120 cm³/mol. The van der Waals surface area contributed by atoms with Crippen LogP contribution in [0.3, 0.4) is 0 Å². The fraction of sp³-hybridized carbons (Fsp3) is 0.318. The number of sulfonamides is 1. The number of ether oxygens (including phenoxy) is 1.